The minimum absolute atomic E-state index is 0.113. The summed E-state index contributed by atoms with van der Waals surface area (Å²) in [5.41, 5.74) is 0.201. The predicted octanol–water partition coefficient (Wildman–Crippen LogP) is 1.81. The molecule has 8 nitrogen and oxygen atoms in total. The van der Waals surface area contributed by atoms with Crippen LogP contribution in [0.4, 0.5) is 0 Å². The van der Waals surface area contributed by atoms with Gasteiger partial charge in [-0.15, -0.1) is 0 Å². The Hall–Kier alpha value is -3.41. The summed E-state index contributed by atoms with van der Waals surface area (Å²) in [6.07, 6.45) is 1.72. The lowest BCUT2D eigenvalue weighted by Gasteiger charge is -2.13. The molecule has 1 saturated heterocycles. The van der Waals surface area contributed by atoms with E-state index in [0.717, 1.165) is 0 Å². The smallest absolute Gasteiger partial charge is 0.359 e. The zero-order chi connectivity index (χ0) is 21.5. The van der Waals surface area contributed by atoms with E-state index in [-0.39, 0.29) is 17.3 Å². The van der Waals surface area contributed by atoms with E-state index < -0.39 is 17.5 Å². The minimum Gasteiger partial charge on any atom is -0.464 e. The van der Waals surface area contributed by atoms with Gasteiger partial charge in [0.05, 0.1) is 23.7 Å². The van der Waals surface area contributed by atoms with E-state index in [9.17, 15) is 14.7 Å². The molecular formula is C21H17ClN4O4. The second-order valence-corrected chi connectivity index (χ2v) is 7.30. The number of aliphatic hydroxyl groups is 1. The van der Waals surface area contributed by atoms with E-state index in [4.69, 9.17) is 16.3 Å². The van der Waals surface area contributed by atoms with Crippen LogP contribution in [0.3, 0.4) is 0 Å². The van der Waals surface area contributed by atoms with Crippen molar-refractivity contribution in [3.8, 4) is 17.5 Å². The van der Waals surface area contributed by atoms with Crippen LogP contribution in [0.1, 0.15) is 22.5 Å². The fourth-order valence-corrected chi connectivity index (χ4v) is 3.44. The number of pyridine rings is 1. The molecule has 1 fully saturated rings. The van der Waals surface area contributed by atoms with E-state index >= 15 is 0 Å². The van der Waals surface area contributed by atoms with Crippen LogP contribution in [-0.2, 0) is 9.53 Å². The highest BCUT2D eigenvalue weighted by Crippen LogP contribution is 2.25. The Kier molecular flexibility index (Phi) is 4.94. The zero-order valence-corrected chi connectivity index (χ0v) is 17.0. The Balaban J connectivity index is 1.78. The molecule has 1 N–H and O–H groups in total. The van der Waals surface area contributed by atoms with Gasteiger partial charge in [-0.2, -0.15) is 5.10 Å². The Bertz CT molecular complexity index is 1240. The molecular weight excluding hydrogens is 408 g/mol. The van der Waals surface area contributed by atoms with E-state index in [1.54, 1.807) is 42.1 Å². The van der Waals surface area contributed by atoms with Gasteiger partial charge in [-0.05, 0) is 18.2 Å². The molecule has 0 bridgehead atoms. The summed E-state index contributed by atoms with van der Waals surface area (Å²) in [6, 6.07) is 8.65. The highest BCUT2D eigenvalue weighted by Gasteiger charge is 2.42. The molecule has 3 aromatic rings. The van der Waals surface area contributed by atoms with Gasteiger partial charge in [-0.3, -0.25) is 4.79 Å². The van der Waals surface area contributed by atoms with Gasteiger partial charge in [0.15, 0.2) is 5.69 Å². The number of ether oxygens (including phenoxy) is 1. The van der Waals surface area contributed by atoms with E-state index in [1.165, 1.54) is 18.2 Å². The number of hydrogen-bond donors (Lipinski definition) is 1. The maximum atomic E-state index is 12.1. The first-order valence-corrected chi connectivity index (χ1v) is 9.44. The summed E-state index contributed by atoms with van der Waals surface area (Å²) in [5, 5.41) is 15.6. The topological polar surface area (TPSA) is 97.5 Å². The quantitative estimate of drug-likeness (QED) is 0.383. The molecule has 0 aliphatic carbocycles. The fourth-order valence-electron chi connectivity index (χ4n) is 3.29. The van der Waals surface area contributed by atoms with Crippen LogP contribution in [-0.4, -0.2) is 63.0 Å². The van der Waals surface area contributed by atoms with Gasteiger partial charge in [-0.25, -0.2) is 14.5 Å². The number of carbonyl (C=O) groups is 2. The number of esters is 1. The highest BCUT2D eigenvalue weighted by molar-refractivity contribution is 6.30. The van der Waals surface area contributed by atoms with Gasteiger partial charge in [-0.1, -0.05) is 29.5 Å². The predicted molar refractivity (Wildman–Crippen MR) is 109 cm³/mol. The van der Waals surface area contributed by atoms with Gasteiger partial charge < -0.3 is 14.7 Å². The summed E-state index contributed by atoms with van der Waals surface area (Å²) in [5.74, 6) is 4.56. The molecule has 2 aromatic heterocycles. The maximum Gasteiger partial charge on any atom is 0.359 e. The van der Waals surface area contributed by atoms with Crippen LogP contribution in [0, 0.1) is 11.8 Å². The second kappa shape index (κ2) is 7.44. The number of rotatable bonds is 2. The van der Waals surface area contributed by atoms with Crippen LogP contribution in [0.25, 0.3) is 16.6 Å². The number of carbonyl (C=O) groups excluding carboxylic acids is 2. The van der Waals surface area contributed by atoms with Crippen LogP contribution in [0.5, 0.6) is 0 Å². The minimum atomic E-state index is -1.68. The molecule has 0 radical (unpaired) electrons. The Morgan fingerprint density at radius 2 is 2.17 bits per heavy atom. The molecule has 1 aromatic carbocycles. The number of fused-ring (bicyclic) bond motifs is 1. The van der Waals surface area contributed by atoms with Crippen LogP contribution >= 0.6 is 11.6 Å². The van der Waals surface area contributed by atoms with Crippen molar-refractivity contribution in [1.29, 1.82) is 0 Å². The lowest BCUT2D eigenvalue weighted by atomic mass is 10.0. The number of benzene rings is 1. The highest BCUT2D eigenvalue weighted by atomic mass is 35.5. The van der Waals surface area contributed by atoms with Gasteiger partial charge in [0.25, 0.3) is 5.91 Å². The number of nitrogens with zero attached hydrogens (tertiary/aromatic N) is 4. The average Bonchev–Trinajstić information content (AvgIpc) is 3.25. The number of likely N-dealkylation sites (N-methyl/N-ethyl adjacent to an activating group) is 1. The van der Waals surface area contributed by atoms with Crippen LogP contribution < -0.4 is 0 Å². The maximum absolute atomic E-state index is 12.1. The Morgan fingerprint density at radius 1 is 1.37 bits per heavy atom. The number of amides is 1. The van der Waals surface area contributed by atoms with Crippen molar-refractivity contribution < 1.29 is 19.4 Å². The number of hydrogen-bond acceptors (Lipinski definition) is 6. The largest absolute Gasteiger partial charge is 0.464 e. The molecule has 1 aliphatic rings. The van der Waals surface area contributed by atoms with E-state index in [2.05, 4.69) is 21.9 Å². The molecule has 3 heterocycles. The van der Waals surface area contributed by atoms with Gasteiger partial charge in [0.1, 0.15) is 5.15 Å². The molecule has 4 rings (SSSR count). The van der Waals surface area contributed by atoms with Crippen molar-refractivity contribution in [2.24, 2.45) is 0 Å². The van der Waals surface area contributed by atoms with Crippen molar-refractivity contribution in [3.05, 3.63) is 52.9 Å². The summed E-state index contributed by atoms with van der Waals surface area (Å²) in [4.78, 5) is 29.7. The van der Waals surface area contributed by atoms with Crippen LogP contribution in [0.2, 0.25) is 5.15 Å². The molecule has 0 saturated carbocycles. The SMILES string of the molecule is COC(=O)c1nn(-c2cccc(C#C[C@]3(O)CCN(C)C3=O)c2)c2cc(Cl)ncc12. The lowest BCUT2D eigenvalue weighted by molar-refractivity contribution is -0.137. The third-order valence-corrected chi connectivity index (χ3v) is 5.13. The molecule has 1 aliphatic heterocycles. The van der Waals surface area contributed by atoms with Gasteiger partial charge in [0.2, 0.25) is 5.60 Å². The second-order valence-electron chi connectivity index (χ2n) is 6.91. The average molecular weight is 425 g/mol. The standard InChI is InChI=1S/C21H17ClN4O4/c1-25-9-8-21(29,20(25)28)7-6-13-4-3-5-14(10-13)26-16-11-17(22)23-12-15(16)18(24-26)19(27)30-2/h3-5,10-12,29H,8-9H2,1-2H3/t21-/m0/s1. The molecule has 9 heteroatoms. The van der Waals surface area contributed by atoms with E-state index in [1.807, 2.05) is 0 Å². The lowest BCUT2D eigenvalue weighted by Crippen LogP contribution is -2.37. The molecule has 0 unspecified atom stereocenters. The number of halogens is 1. The third-order valence-electron chi connectivity index (χ3n) is 4.92. The Labute approximate surface area is 177 Å². The first-order valence-electron chi connectivity index (χ1n) is 9.06. The summed E-state index contributed by atoms with van der Waals surface area (Å²) in [7, 11) is 2.91. The fraction of sp³-hybridized carbons (Fsp3) is 0.238. The van der Waals surface area contributed by atoms with Crippen molar-refractivity contribution in [2.45, 2.75) is 12.0 Å². The molecule has 152 valence electrons. The van der Waals surface area contributed by atoms with Crippen molar-refractivity contribution >= 4 is 34.4 Å². The summed E-state index contributed by atoms with van der Waals surface area (Å²) < 4.78 is 6.36. The van der Waals surface area contributed by atoms with Crippen molar-refractivity contribution in [2.75, 3.05) is 20.7 Å². The molecule has 30 heavy (non-hydrogen) atoms. The first kappa shape index (κ1) is 19.9. The number of methoxy groups -OCH3 is 1. The van der Waals surface area contributed by atoms with Crippen LogP contribution in [0.15, 0.2) is 36.5 Å². The van der Waals surface area contributed by atoms with Gasteiger partial charge >= 0.3 is 5.97 Å². The van der Waals surface area contributed by atoms with Crippen molar-refractivity contribution in [1.82, 2.24) is 19.7 Å². The molecule has 1 atom stereocenters. The normalized spacial score (nSPS) is 18.4. The molecule has 1 amide bonds. The third kappa shape index (κ3) is 3.38. The van der Waals surface area contributed by atoms with Gasteiger partial charge in [0, 0.05) is 37.8 Å². The summed E-state index contributed by atoms with van der Waals surface area (Å²) in [6.45, 7) is 0.453. The zero-order valence-electron chi connectivity index (χ0n) is 16.2. The Morgan fingerprint density at radius 3 is 2.87 bits per heavy atom. The number of likely N-dealkylation sites (tertiary alicyclic amines) is 1. The first-order chi connectivity index (χ1) is 14.3. The van der Waals surface area contributed by atoms with E-state index in [0.29, 0.717) is 28.7 Å². The monoisotopic (exact) mass is 424 g/mol. The molecule has 0 spiro atoms. The summed E-state index contributed by atoms with van der Waals surface area (Å²) >= 11 is 6.04. The van der Waals surface area contributed by atoms with Crippen molar-refractivity contribution in [3.63, 3.8) is 0 Å². The number of aromatic nitrogens is 3.